The van der Waals surface area contributed by atoms with Gasteiger partial charge in [0, 0.05) is 57.3 Å². The Bertz CT molecular complexity index is 697. The monoisotopic (exact) mass is 353 g/mol. The highest BCUT2D eigenvalue weighted by molar-refractivity contribution is 5.76. The van der Waals surface area contributed by atoms with E-state index in [-0.39, 0.29) is 5.91 Å². The minimum Gasteiger partial charge on any atom is -0.377 e. The standard InChI is InChI=1S/C21H27N3O2/c1-18-16-22-10-9-20(18)23-11-13-24(14-12-23)21(25)8-5-15-26-17-19-6-3-2-4-7-19/h2-4,6-7,9-10,16H,5,8,11-15,17H2,1H3. The smallest absolute Gasteiger partial charge is 0.222 e. The molecule has 1 aromatic carbocycles. The number of carbonyl (C=O) groups excluding carboxylic acids is 1. The van der Waals surface area contributed by atoms with Crippen molar-refractivity contribution in [2.24, 2.45) is 0 Å². The van der Waals surface area contributed by atoms with E-state index in [1.807, 2.05) is 35.5 Å². The van der Waals surface area contributed by atoms with Crippen molar-refractivity contribution in [3.05, 3.63) is 59.9 Å². The van der Waals surface area contributed by atoms with Crippen LogP contribution in [0.4, 0.5) is 5.69 Å². The third-order valence-corrected chi connectivity index (χ3v) is 4.75. The Morgan fingerprint density at radius 2 is 1.88 bits per heavy atom. The van der Waals surface area contributed by atoms with Gasteiger partial charge < -0.3 is 14.5 Å². The fourth-order valence-electron chi connectivity index (χ4n) is 3.27. The molecule has 0 bridgehead atoms. The van der Waals surface area contributed by atoms with E-state index in [1.54, 1.807) is 0 Å². The number of anilines is 1. The summed E-state index contributed by atoms with van der Waals surface area (Å²) in [5.74, 6) is 0.236. The molecule has 1 saturated heterocycles. The van der Waals surface area contributed by atoms with E-state index in [2.05, 4.69) is 35.0 Å². The number of piperazine rings is 1. The number of amides is 1. The van der Waals surface area contributed by atoms with Crippen LogP contribution in [0.5, 0.6) is 0 Å². The van der Waals surface area contributed by atoms with E-state index in [0.717, 1.165) is 32.6 Å². The number of hydrogen-bond donors (Lipinski definition) is 0. The number of aryl methyl sites for hydroxylation is 1. The molecule has 1 aromatic heterocycles. The molecule has 5 nitrogen and oxygen atoms in total. The van der Waals surface area contributed by atoms with Gasteiger partial charge in [-0.2, -0.15) is 0 Å². The van der Waals surface area contributed by atoms with Gasteiger partial charge in [0.15, 0.2) is 0 Å². The van der Waals surface area contributed by atoms with Crippen LogP contribution in [0.25, 0.3) is 0 Å². The van der Waals surface area contributed by atoms with E-state index in [1.165, 1.54) is 16.8 Å². The summed E-state index contributed by atoms with van der Waals surface area (Å²) in [6.45, 7) is 6.63. The van der Waals surface area contributed by atoms with Crippen molar-refractivity contribution in [2.45, 2.75) is 26.4 Å². The number of pyridine rings is 1. The first kappa shape index (κ1) is 18.4. The normalized spacial score (nSPS) is 14.5. The molecule has 2 heterocycles. The molecule has 26 heavy (non-hydrogen) atoms. The van der Waals surface area contributed by atoms with Crippen LogP contribution in [0.1, 0.15) is 24.0 Å². The topological polar surface area (TPSA) is 45.7 Å². The molecular formula is C21H27N3O2. The maximum Gasteiger partial charge on any atom is 0.222 e. The van der Waals surface area contributed by atoms with E-state index in [4.69, 9.17) is 4.74 Å². The molecule has 1 aliphatic heterocycles. The Balaban J connectivity index is 1.34. The molecule has 3 rings (SSSR count). The van der Waals surface area contributed by atoms with E-state index in [9.17, 15) is 4.79 Å². The molecule has 0 spiro atoms. The Morgan fingerprint density at radius 1 is 1.12 bits per heavy atom. The number of hydrogen-bond acceptors (Lipinski definition) is 4. The first-order chi connectivity index (χ1) is 12.7. The van der Waals surface area contributed by atoms with Crippen molar-refractivity contribution in [1.29, 1.82) is 0 Å². The van der Waals surface area contributed by atoms with Gasteiger partial charge >= 0.3 is 0 Å². The predicted octanol–water partition coefficient (Wildman–Crippen LogP) is 3.04. The van der Waals surface area contributed by atoms with Crippen LogP contribution in [0.3, 0.4) is 0 Å². The second-order valence-electron chi connectivity index (χ2n) is 6.67. The van der Waals surface area contributed by atoms with Gasteiger partial charge in [-0.05, 0) is 30.5 Å². The van der Waals surface area contributed by atoms with Gasteiger partial charge in [-0.25, -0.2) is 0 Å². The summed E-state index contributed by atoms with van der Waals surface area (Å²) >= 11 is 0. The van der Waals surface area contributed by atoms with E-state index in [0.29, 0.717) is 19.6 Å². The molecule has 138 valence electrons. The largest absolute Gasteiger partial charge is 0.377 e. The zero-order valence-electron chi connectivity index (χ0n) is 15.4. The molecule has 1 aliphatic rings. The van der Waals surface area contributed by atoms with Gasteiger partial charge in [-0.1, -0.05) is 30.3 Å². The van der Waals surface area contributed by atoms with Crippen molar-refractivity contribution in [3.8, 4) is 0 Å². The summed E-state index contributed by atoms with van der Waals surface area (Å²) in [7, 11) is 0. The highest BCUT2D eigenvalue weighted by Crippen LogP contribution is 2.20. The quantitative estimate of drug-likeness (QED) is 0.718. The lowest BCUT2D eigenvalue weighted by molar-refractivity contribution is -0.131. The molecular weight excluding hydrogens is 326 g/mol. The fraction of sp³-hybridized carbons (Fsp3) is 0.429. The Kier molecular flexibility index (Phi) is 6.61. The molecule has 0 aliphatic carbocycles. The summed E-state index contributed by atoms with van der Waals surface area (Å²) in [4.78, 5) is 20.8. The summed E-state index contributed by atoms with van der Waals surface area (Å²) in [5.41, 5.74) is 3.57. The molecule has 0 atom stereocenters. The number of nitrogens with zero attached hydrogens (tertiary/aromatic N) is 3. The summed E-state index contributed by atoms with van der Waals surface area (Å²) in [6, 6.07) is 12.2. The van der Waals surface area contributed by atoms with Gasteiger partial charge in [0.2, 0.25) is 5.91 Å². The average molecular weight is 353 g/mol. The maximum absolute atomic E-state index is 12.4. The van der Waals surface area contributed by atoms with Crippen molar-refractivity contribution in [3.63, 3.8) is 0 Å². The minimum atomic E-state index is 0.236. The second-order valence-corrected chi connectivity index (χ2v) is 6.67. The van der Waals surface area contributed by atoms with Gasteiger partial charge in [0.05, 0.1) is 6.61 Å². The molecule has 0 unspecified atom stereocenters. The van der Waals surface area contributed by atoms with Gasteiger partial charge in [0.1, 0.15) is 0 Å². The number of aromatic nitrogens is 1. The first-order valence-corrected chi connectivity index (χ1v) is 9.29. The third kappa shape index (κ3) is 5.05. The van der Waals surface area contributed by atoms with Crippen LogP contribution < -0.4 is 4.90 Å². The zero-order chi connectivity index (χ0) is 18.2. The fourth-order valence-corrected chi connectivity index (χ4v) is 3.27. The van der Waals surface area contributed by atoms with Crippen molar-refractivity contribution >= 4 is 11.6 Å². The number of benzene rings is 1. The summed E-state index contributed by atoms with van der Waals surface area (Å²) in [6.07, 6.45) is 5.05. The van der Waals surface area contributed by atoms with Crippen LogP contribution in [0.2, 0.25) is 0 Å². The van der Waals surface area contributed by atoms with Crippen molar-refractivity contribution in [2.75, 3.05) is 37.7 Å². The Labute approximate surface area is 155 Å². The minimum absolute atomic E-state index is 0.236. The molecule has 1 amide bonds. The first-order valence-electron chi connectivity index (χ1n) is 9.29. The number of rotatable bonds is 7. The highest BCUT2D eigenvalue weighted by atomic mass is 16.5. The van der Waals surface area contributed by atoms with Crippen LogP contribution in [0, 0.1) is 6.92 Å². The van der Waals surface area contributed by atoms with Crippen LogP contribution in [-0.4, -0.2) is 48.6 Å². The second kappa shape index (κ2) is 9.34. The van der Waals surface area contributed by atoms with Crippen LogP contribution >= 0.6 is 0 Å². The lowest BCUT2D eigenvalue weighted by Gasteiger charge is -2.36. The predicted molar refractivity (Wildman–Crippen MR) is 103 cm³/mol. The third-order valence-electron chi connectivity index (χ3n) is 4.75. The number of carbonyl (C=O) groups is 1. The average Bonchev–Trinajstić information content (AvgIpc) is 2.69. The molecule has 0 N–H and O–H groups in total. The number of ether oxygens (including phenoxy) is 1. The lowest BCUT2D eigenvalue weighted by Crippen LogP contribution is -2.49. The molecule has 1 fully saturated rings. The Morgan fingerprint density at radius 3 is 2.62 bits per heavy atom. The zero-order valence-corrected chi connectivity index (χ0v) is 15.4. The SMILES string of the molecule is Cc1cnccc1N1CCN(C(=O)CCCOCc2ccccc2)CC1. The van der Waals surface area contributed by atoms with E-state index < -0.39 is 0 Å². The Hall–Kier alpha value is -2.40. The van der Waals surface area contributed by atoms with Crippen LogP contribution in [0.15, 0.2) is 48.8 Å². The molecule has 2 aromatic rings. The van der Waals surface area contributed by atoms with E-state index >= 15 is 0 Å². The van der Waals surface area contributed by atoms with Crippen molar-refractivity contribution < 1.29 is 9.53 Å². The van der Waals surface area contributed by atoms with Gasteiger partial charge in [0.25, 0.3) is 0 Å². The molecule has 0 radical (unpaired) electrons. The van der Waals surface area contributed by atoms with Crippen molar-refractivity contribution in [1.82, 2.24) is 9.88 Å². The molecule has 0 saturated carbocycles. The lowest BCUT2D eigenvalue weighted by atomic mass is 10.2. The molecule has 5 heteroatoms. The highest BCUT2D eigenvalue weighted by Gasteiger charge is 2.21. The van der Waals surface area contributed by atoms with Gasteiger partial charge in [-0.15, -0.1) is 0 Å². The van der Waals surface area contributed by atoms with Gasteiger partial charge in [-0.3, -0.25) is 9.78 Å². The summed E-state index contributed by atoms with van der Waals surface area (Å²) < 4.78 is 5.66. The summed E-state index contributed by atoms with van der Waals surface area (Å²) in [5, 5.41) is 0. The van der Waals surface area contributed by atoms with Crippen LogP contribution in [-0.2, 0) is 16.1 Å². The maximum atomic E-state index is 12.4.